The third-order valence-corrected chi connectivity index (χ3v) is 2.60. The van der Waals surface area contributed by atoms with Gasteiger partial charge in [0.1, 0.15) is 0 Å². The van der Waals surface area contributed by atoms with E-state index in [0.29, 0.717) is 0 Å². The number of ether oxygens (including phenoxy) is 1. The van der Waals surface area contributed by atoms with E-state index in [4.69, 9.17) is 4.74 Å². The first-order chi connectivity index (χ1) is 8.18. The number of nitrogens with zero attached hydrogens (tertiary/aromatic N) is 4. The molecule has 17 heavy (non-hydrogen) atoms. The van der Waals surface area contributed by atoms with Crippen LogP contribution >= 0.6 is 0 Å². The molecule has 1 aromatic rings. The zero-order valence-corrected chi connectivity index (χ0v) is 11.2. The molecule has 1 aromatic heterocycles. The molecular formula is C12H24N4O. The average Bonchev–Trinajstić information content (AvgIpc) is 2.80. The van der Waals surface area contributed by atoms with Crippen molar-refractivity contribution in [1.82, 2.24) is 19.4 Å². The first-order valence-corrected chi connectivity index (χ1v) is 6.05. The molecule has 98 valence electrons. The van der Waals surface area contributed by atoms with Crippen molar-refractivity contribution in [2.24, 2.45) is 7.05 Å². The van der Waals surface area contributed by atoms with Crippen LogP contribution < -0.4 is 0 Å². The number of morpholine rings is 1. The average molecular weight is 240 g/mol. The fraction of sp³-hybridized carbons (Fsp3) is 0.750. The quantitative estimate of drug-likeness (QED) is 0.761. The van der Waals surface area contributed by atoms with Crippen molar-refractivity contribution in [3.05, 3.63) is 18.7 Å². The van der Waals surface area contributed by atoms with Crippen LogP contribution in [-0.2, 0) is 11.8 Å². The first-order valence-electron chi connectivity index (χ1n) is 6.05. The van der Waals surface area contributed by atoms with Crippen LogP contribution in [0.3, 0.4) is 0 Å². The van der Waals surface area contributed by atoms with Crippen molar-refractivity contribution in [3.63, 3.8) is 0 Å². The Balaban J connectivity index is 0.000000202. The van der Waals surface area contributed by atoms with Gasteiger partial charge < -0.3 is 14.2 Å². The van der Waals surface area contributed by atoms with Gasteiger partial charge in [-0.15, -0.1) is 0 Å². The Bertz CT molecular complexity index is 268. The van der Waals surface area contributed by atoms with Gasteiger partial charge in [0.15, 0.2) is 0 Å². The molecule has 5 heteroatoms. The van der Waals surface area contributed by atoms with Gasteiger partial charge in [0.2, 0.25) is 0 Å². The van der Waals surface area contributed by atoms with Crippen LogP contribution in [0.2, 0.25) is 0 Å². The SMILES string of the molecule is CN(C)CCN1CCOCC1.Cn1ccnc1. The molecule has 1 aliphatic rings. The Kier molecular flexibility index (Phi) is 6.84. The second-order valence-electron chi connectivity index (χ2n) is 4.49. The van der Waals surface area contributed by atoms with Gasteiger partial charge in [0.25, 0.3) is 0 Å². The Morgan fingerprint density at radius 2 is 2.00 bits per heavy atom. The monoisotopic (exact) mass is 240 g/mol. The summed E-state index contributed by atoms with van der Waals surface area (Å²) in [7, 11) is 6.16. The predicted molar refractivity (Wildman–Crippen MR) is 69.0 cm³/mol. The second-order valence-corrected chi connectivity index (χ2v) is 4.49. The van der Waals surface area contributed by atoms with Crippen LogP contribution in [0.25, 0.3) is 0 Å². The minimum Gasteiger partial charge on any atom is -0.379 e. The first kappa shape index (κ1) is 14.2. The van der Waals surface area contributed by atoms with Gasteiger partial charge in [-0.25, -0.2) is 4.98 Å². The summed E-state index contributed by atoms with van der Waals surface area (Å²) in [6, 6.07) is 0. The molecule has 0 atom stereocenters. The Morgan fingerprint density at radius 1 is 1.29 bits per heavy atom. The van der Waals surface area contributed by atoms with E-state index in [2.05, 4.69) is 28.9 Å². The highest BCUT2D eigenvalue weighted by atomic mass is 16.5. The van der Waals surface area contributed by atoms with Crippen LogP contribution in [0.1, 0.15) is 0 Å². The van der Waals surface area contributed by atoms with Crippen LogP contribution in [-0.4, -0.2) is 72.8 Å². The molecule has 1 saturated heterocycles. The molecular weight excluding hydrogens is 216 g/mol. The maximum atomic E-state index is 5.25. The van der Waals surface area contributed by atoms with E-state index < -0.39 is 0 Å². The largest absolute Gasteiger partial charge is 0.379 e. The van der Waals surface area contributed by atoms with Gasteiger partial charge in [-0.2, -0.15) is 0 Å². The van der Waals surface area contributed by atoms with Crippen LogP contribution in [0.5, 0.6) is 0 Å². The van der Waals surface area contributed by atoms with Crippen molar-refractivity contribution >= 4 is 0 Å². The van der Waals surface area contributed by atoms with E-state index in [1.165, 1.54) is 6.54 Å². The molecule has 5 nitrogen and oxygen atoms in total. The fourth-order valence-corrected chi connectivity index (χ4v) is 1.49. The second kappa shape index (κ2) is 8.22. The zero-order chi connectivity index (χ0) is 12.5. The Labute approximate surface area is 104 Å². The summed E-state index contributed by atoms with van der Waals surface area (Å²) in [4.78, 5) is 8.45. The van der Waals surface area contributed by atoms with Crippen molar-refractivity contribution in [2.75, 3.05) is 53.5 Å². The molecule has 0 amide bonds. The third-order valence-electron chi connectivity index (χ3n) is 2.60. The molecule has 2 rings (SSSR count). The molecule has 0 saturated carbocycles. The molecule has 0 N–H and O–H groups in total. The molecule has 0 bridgehead atoms. The van der Waals surface area contributed by atoms with E-state index in [1.807, 2.05) is 17.8 Å². The Hall–Kier alpha value is -0.910. The number of aromatic nitrogens is 2. The number of hydrogen-bond donors (Lipinski definition) is 0. The van der Waals surface area contributed by atoms with E-state index in [-0.39, 0.29) is 0 Å². The number of imidazole rings is 1. The number of rotatable bonds is 3. The summed E-state index contributed by atoms with van der Waals surface area (Å²) < 4.78 is 7.14. The fourth-order valence-electron chi connectivity index (χ4n) is 1.49. The summed E-state index contributed by atoms with van der Waals surface area (Å²) in [5.41, 5.74) is 0. The van der Waals surface area contributed by atoms with Gasteiger partial charge in [0, 0.05) is 45.6 Å². The van der Waals surface area contributed by atoms with Crippen molar-refractivity contribution in [2.45, 2.75) is 0 Å². The molecule has 0 aromatic carbocycles. The molecule has 1 aliphatic heterocycles. The normalized spacial score (nSPS) is 16.7. The highest BCUT2D eigenvalue weighted by Crippen LogP contribution is 1.95. The Morgan fingerprint density at radius 3 is 2.41 bits per heavy atom. The van der Waals surface area contributed by atoms with Crippen LogP contribution in [0, 0.1) is 0 Å². The lowest BCUT2D eigenvalue weighted by atomic mass is 10.4. The molecule has 0 unspecified atom stereocenters. The molecule has 0 aliphatic carbocycles. The van der Waals surface area contributed by atoms with Crippen molar-refractivity contribution in [3.8, 4) is 0 Å². The smallest absolute Gasteiger partial charge is 0.0943 e. The van der Waals surface area contributed by atoms with E-state index in [9.17, 15) is 0 Å². The number of hydrogen-bond acceptors (Lipinski definition) is 4. The maximum Gasteiger partial charge on any atom is 0.0943 e. The van der Waals surface area contributed by atoms with Crippen LogP contribution in [0.15, 0.2) is 18.7 Å². The number of aryl methyl sites for hydroxylation is 1. The maximum absolute atomic E-state index is 5.25. The number of likely N-dealkylation sites (N-methyl/N-ethyl adjacent to an activating group) is 1. The topological polar surface area (TPSA) is 33.5 Å². The summed E-state index contributed by atoms with van der Waals surface area (Å²) in [6.45, 7) is 6.36. The molecule has 0 radical (unpaired) electrons. The highest BCUT2D eigenvalue weighted by Gasteiger charge is 2.09. The van der Waals surface area contributed by atoms with E-state index in [1.54, 1.807) is 12.5 Å². The van der Waals surface area contributed by atoms with Crippen LogP contribution in [0.4, 0.5) is 0 Å². The molecule has 1 fully saturated rings. The van der Waals surface area contributed by atoms with Gasteiger partial charge in [-0.3, -0.25) is 4.90 Å². The lowest BCUT2D eigenvalue weighted by Gasteiger charge is -2.27. The summed E-state index contributed by atoms with van der Waals surface area (Å²) in [6.07, 6.45) is 5.39. The predicted octanol–water partition coefficient (Wildman–Crippen LogP) is 0.300. The lowest BCUT2D eigenvalue weighted by Crippen LogP contribution is -2.40. The lowest BCUT2D eigenvalue weighted by molar-refractivity contribution is 0.0354. The highest BCUT2D eigenvalue weighted by molar-refractivity contribution is 4.70. The summed E-state index contributed by atoms with van der Waals surface area (Å²) in [5.74, 6) is 0. The van der Waals surface area contributed by atoms with Gasteiger partial charge in [-0.1, -0.05) is 0 Å². The van der Waals surface area contributed by atoms with Crippen molar-refractivity contribution in [1.29, 1.82) is 0 Å². The molecule has 0 spiro atoms. The summed E-state index contributed by atoms with van der Waals surface area (Å²) >= 11 is 0. The van der Waals surface area contributed by atoms with Gasteiger partial charge in [0.05, 0.1) is 19.5 Å². The van der Waals surface area contributed by atoms with E-state index in [0.717, 1.165) is 32.8 Å². The van der Waals surface area contributed by atoms with Gasteiger partial charge in [-0.05, 0) is 14.1 Å². The molecule has 2 heterocycles. The standard InChI is InChI=1S/C8H18N2O.C4H6N2/c1-9(2)3-4-10-5-7-11-8-6-10;1-6-3-2-5-4-6/h3-8H2,1-2H3;2-4H,1H3. The van der Waals surface area contributed by atoms with Crippen molar-refractivity contribution < 1.29 is 4.74 Å². The zero-order valence-electron chi connectivity index (χ0n) is 11.2. The minimum absolute atomic E-state index is 0.910. The van der Waals surface area contributed by atoms with E-state index >= 15 is 0 Å². The summed E-state index contributed by atoms with van der Waals surface area (Å²) in [5, 5.41) is 0. The minimum atomic E-state index is 0.910. The third kappa shape index (κ3) is 7.10. The van der Waals surface area contributed by atoms with Gasteiger partial charge >= 0.3 is 0 Å².